The van der Waals surface area contributed by atoms with Crippen LogP contribution in [-0.4, -0.2) is 24.2 Å². The van der Waals surface area contributed by atoms with E-state index >= 15 is 0 Å². The van der Waals surface area contributed by atoms with Gasteiger partial charge in [0.25, 0.3) is 0 Å². The quantitative estimate of drug-likeness (QED) is 0.842. The van der Waals surface area contributed by atoms with Gasteiger partial charge < -0.3 is 15.8 Å². The van der Waals surface area contributed by atoms with Crippen LogP contribution in [0.2, 0.25) is 0 Å². The third-order valence-electron chi connectivity index (χ3n) is 3.93. The summed E-state index contributed by atoms with van der Waals surface area (Å²) in [5, 5.41) is 4.56. The minimum absolute atomic E-state index is 0.370. The Bertz CT molecular complexity index is 632. The van der Waals surface area contributed by atoms with Crippen molar-refractivity contribution in [2.45, 2.75) is 31.4 Å². The Kier molecular flexibility index (Phi) is 3.81. The number of methoxy groups -OCH3 is 1. The second-order valence-electron chi connectivity index (χ2n) is 5.26. The Balaban J connectivity index is 1.90. The first-order valence-electron chi connectivity index (χ1n) is 6.80. The van der Waals surface area contributed by atoms with Crippen molar-refractivity contribution >= 4 is 38.2 Å². The molecular formula is C15H18BrN3O. The molecule has 1 aromatic carbocycles. The number of benzene rings is 1. The average Bonchev–Trinajstić information content (AvgIpc) is 2.90. The first-order chi connectivity index (χ1) is 9.67. The normalized spacial score (nSPS) is 22.3. The summed E-state index contributed by atoms with van der Waals surface area (Å²) in [4.78, 5) is 4.50. The average molecular weight is 336 g/mol. The lowest BCUT2D eigenvalue weighted by Gasteiger charge is -2.16. The highest BCUT2D eigenvalue weighted by molar-refractivity contribution is 9.10. The zero-order valence-electron chi connectivity index (χ0n) is 11.4. The zero-order valence-corrected chi connectivity index (χ0v) is 13.0. The number of ether oxygens (including phenoxy) is 1. The number of pyridine rings is 1. The Hall–Kier alpha value is -1.33. The number of fused-ring (bicyclic) bond motifs is 1. The van der Waals surface area contributed by atoms with Gasteiger partial charge in [-0.05, 0) is 53.4 Å². The van der Waals surface area contributed by atoms with E-state index in [1.54, 1.807) is 13.3 Å². The van der Waals surface area contributed by atoms with Gasteiger partial charge in [-0.25, -0.2) is 0 Å². The number of rotatable bonds is 3. The maximum absolute atomic E-state index is 6.04. The fraction of sp³-hybridized carbons (Fsp3) is 0.400. The van der Waals surface area contributed by atoms with Crippen LogP contribution in [0.3, 0.4) is 0 Å². The van der Waals surface area contributed by atoms with Crippen molar-refractivity contribution in [2.75, 3.05) is 18.2 Å². The summed E-state index contributed by atoms with van der Waals surface area (Å²) in [5.74, 6) is 0. The van der Waals surface area contributed by atoms with Crippen LogP contribution in [0.25, 0.3) is 10.9 Å². The summed E-state index contributed by atoms with van der Waals surface area (Å²) in [7, 11) is 1.78. The zero-order chi connectivity index (χ0) is 14.1. The highest BCUT2D eigenvalue weighted by atomic mass is 79.9. The summed E-state index contributed by atoms with van der Waals surface area (Å²) in [6, 6.07) is 6.40. The molecule has 1 fully saturated rings. The molecule has 0 bridgehead atoms. The van der Waals surface area contributed by atoms with Crippen molar-refractivity contribution < 1.29 is 4.74 Å². The minimum Gasteiger partial charge on any atom is -0.398 e. The molecule has 2 atom stereocenters. The van der Waals surface area contributed by atoms with Crippen molar-refractivity contribution in [1.29, 1.82) is 0 Å². The predicted molar refractivity (Wildman–Crippen MR) is 85.9 cm³/mol. The van der Waals surface area contributed by atoms with E-state index in [4.69, 9.17) is 10.5 Å². The summed E-state index contributed by atoms with van der Waals surface area (Å²) in [5.41, 5.74) is 8.76. The van der Waals surface area contributed by atoms with Crippen molar-refractivity contribution in [3.8, 4) is 0 Å². The van der Waals surface area contributed by atoms with Gasteiger partial charge in [0, 0.05) is 34.9 Å². The van der Waals surface area contributed by atoms with Gasteiger partial charge >= 0.3 is 0 Å². The molecule has 2 unspecified atom stereocenters. The molecule has 4 nitrogen and oxygen atoms in total. The third-order valence-corrected chi connectivity index (χ3v) is 4.36. The molecule has 5 heteroatoms. The Labute approximate surface area is 126 Å². The summed E-state index contributed by atoms with van der Waals surface area (Å²) < 4.78 is 6.36. The molecule has 0 amide bonds. The molecule has 1 aromatic heterocycles. The number of nitrogens with two attached hydrogens (primary N) is 1. The van der Waals surface area contributed by atoms with Crippen LogP contribution in [-0.2, 0) is 4.74 Å². The standard InChI is InChI=1S/C15H18BrN3O/c1-20-11-3-2-10(7-11)19-14-5-4-13(17)12-6-9(16)8-18-15(12)14/h4-6,8,10-11,19H,2-3,7,17H2,1H3. The van der Waals surface area contributed by atoms with Gasteiger partial charge in [-0.15, -0.1) is 0 Å². The molecule has 2 aromatic rings. The lowest BCUT2D eigenvalue weighted by atomic mass is 10.1. The van der Waals surface area contributed by atoms with Crippen molar-refractivity contribution in [2.24, 2.45) is 0 Å². The number of hydrogen-bond donors (Lipinski definition) is 2. The van der Waals surface area contributed by atoms with Gasteiger partial charge in [-0.1, -0.05) is 0 Å². The van der Waals surface area contributed by atoms with E-state index in [2.05, 4.69) is 26.2 Å². The first-order valence-corrected chi connectivity index (χ1v) is 7.59. The van der Waals surface area contributed by atoms with Gasteiger partial charge in [0.15, 0.2) is 0 Å². The Morgan fingerprint density at radius 1 is 1.40 bits per heavy atom. The Morgan fingerprint density at radius 3 is 3.00 bits per heavy atom. The van der Waals surface area contributed by atoms with E-state index < -0.39 is 0 Å². The highest BCUT2D eigenvalue weighted by Crippen LogP contribution is 2.31. The Morgan fingerprint density at radius 2 is 2.25 bits per heavy atom. The number of aromatic nitrogens is 1. The molecular weight excluding hydrogens is 318 g/mol. The third kappa shape index (κ3) is 2.60. The van der Waals surface area contributed by atoms with E-state index in [9.17, 15) is 0 Å². The summed E-state index contributed by atoms with van der Waals surface area (Å²) in [6.45, 7) is 0. The number of anilines is 2. The molecule has 1 aliphatic rings. The van der Waals surface area contributed by atoms with Crippen LogP contribution in [0.5, 0.6) is 0 Å². The van der Waals surface area contributed by atoms with E-state index in [-0.39, 0.29) is 0 Å². The molecule has 3 N–H and O–H groups in total. The fourth-order valence-electron chi connectivity index (χ4n) is 2.84. The fourth-order valence-corrected chi connectivity index (χ4v) is 3.17. The number of nitrogen functional groups attached to an aromatic ring is 1. The molecule has 3 rings (SSSR count). The molecule has 0 radical (unpaired) electrons. The van der Waals surface area contributed by atoms with Gasteiger partial charge in [0.2, 0.25) is 0 Å². The number of nitrogens with one attached hydrogen (secondary N) is 1. The number of halogens is 1. The maximum atomic E-state index is 6.04. The second-order valence-corrected chi connectivity index (χ2v) is 6.18. The molecule has 1 heterocycles. The van der Waals surface area contributed by atoms with Crippen LogP contribution >= 0.6 is 15.9 Å². The van der Waals surface area contributed by atoms with Crippen molar-refractivity contribution in [1.82, 2.24) is 4.98 Å². The van der Waals surface area contributed by atoms with Crippen LogP contribution in [0.4, 0.5) is 11.4 Å². The maximum Gasteiger partial charge on any atom is 0.0954 e. The minimum atomic E-state index is 0.370. The lowest BCUT2D eigenvalue weighted by Crippen LogP contribution is -2.17. The molecule has 1 aliphatic carbocycles. The van der Waals surface area contributed by atoms with Crippen LogP contribution in [0.15, 0.2) is 28.9 Å². The van der Waals surface area contributed by atoms with E-state index in [0.717, 1.165) is 46.0 Å². The lowest BCUT2D eigenvalue weighted by molar-refractivity contribution is 0.108. The molecule has 106 valence electrons. The smallest absolute Gasteiger partial charge is 0.0954 e. The van der Waals surface area contributed by atoms with Crippen LogP contribution < -0.4 is 11.1 Å². The van der Waals surface area contributed by atoms with Crippen molar-refractivity contribution in [3.63, 3.8) is 0 Å². The molecule has 1 saturated carbocycles. The molecule has 0 spiro atoms. The van der Waals surface area contributed by atoms with E-state index in [1.165, 1.54) is 0 Å². The van der Waals surface area contributed by atoms with Gasteiger partial charge in [-0.2, -0.15) is 0 Å². The number of hydrogen-bond acceptors (Lipinski definition) is 4. The second kappa shape index (κ2) is 5.58. The predicted octanol–water partition coefficient (Wildman–Crippen LogP) is 3.56. The van der Waals surface area contributed by atoms with Gasteiger partial charge in [-0.3, -0.25) is 4.98 Å². The highest BCUT2D eigenvalue weighted by Gasteiger charge is 2.24. The van der Waals surface area contributed by atoms with Gasteiger partial charge in [0.1, 0.15) is 0 Å². The molecule has 0 saturated heterocycles. The van der Waals surface area contributed by atoms with Crippen LogP contribution in [0, 0.1) is 0 Å². The van der Waals surface area contributed by atoms with E-state index in [1.807, 2.05) is 18.2 Å². The van der Waals surface area contributed by atoms with Crippen LogP contribution in [0.1, 0.15) is 19.3 Å². The topological polar surface area (TPSA) is 60.2 Å². The SMILES string of the molecule is COC1CCC(Nc2ccc(N)c3cc(Br)cnc23)C1. The van der Waals surface area contributed by atoms with E-state index in [0.29, 0.717) is 12.1 Å². The molecule has 20 heavy (non-hydrogen) atoms. The van der Waals surface area contributed by atoms with Gasteiger partial charge in [0.05, 0.1) is 17.3 Å². The van der Waals surface area contributed by atoms with Crippen molar-refractivity contribution in [3.05, 3.63) is 28.9 Å². The monoisotopic (exact) mass is 335 g/mol. The number of nitrogens with zero attached hydrogens (tertiary/aromatic N) is 1. The largest absolute Gasteiger partial charge is 0.398 e. The summed E-state index contributed by atoms with van der Waals surface area (Å²) in [6.07, 6.45) is 5.45. The summed E-state index contributed by atoms with van der Waals surface area (Å²) >= 11 is 3.44. The molecule has 0 aliphatic heterocycles. The first kappa shape index (κ1) is 13.6.